The van der Waals surface area contributed by atoms with Gasteiger partial charge in [-0.15, -0.1) is 0 Å². The molecule has 0 saturated carbocycles. The summed E-state index contributed by atoms with van der Waals surface area (Å²) in [6.45, 7) is 10.2. The lowest BCUT2D eigenvalue weighted by atomic mass is 9.97. The van der Waals surface area contributed by atoms with Crippen LogP contribution in [0.2, 0.25) is 0 Å². The van der Waals surface area contributed by atoms with E-state index in [1.165, 1.54) is 5.57 Å². The van der Waals surface area contributed by atoms with Gasteiger partial charge in [-0.25, -0.2) is 0 Å². The molecule has 0 bridgehead atoms. The van der Waals surface area contributed by atoms with Crippen LogP contribution >= 0.6 is 0 Å². The molecule has 1 atom stereocenters. The average Bonchev–Trinajstić information content (AvgIpc) is 2.05. The van der Waals surface area contributed by atoms with Crippen LogP contribution in [0.3, 0.4) is 0 Å². The Morgan fingerprint density at radius 2 is 2.18 bits per heavy atom. The Balaban J connectivity index is 4.30. The molecule has 0 rings (SSSR count). The fourth-order valence-electron chi connectivity index (χ4n) is 1.06. The Morgan fingerprint density at radius 3 is 2.45 bits per heavy atom. The molecule has 0 aromatic heterocycles. The van der Waals surface area contributed by atoms with E-state index in [1.807, 2.05) is 6.92 Å². The van der Waals surface area contributed by atoms with Gasteiger partial charge < -0.3 is 4.74 Å². The van der Waals surface area contributed by atoms with E-state index in [4.69, 9.17) is 4.74 Å². The smallest absolute Gasteiger partial charge is 0.114 e. The van der Waals surface area contributed by atoms with Crippen LogP contribution in [0.4, 0.5) is 0 Å². The van der Waals surface area contributed by atoms with Crippen molar-refractivity contribution in [1.29, 1.82) is 0 Å². The molecule has 0 aliphatic carbocycles. The molecular weight excluding hydrogens is 136 g/mol. The number of hydrogen-bond acceptors (Lipinski definition) is 1. The van der Waals surface area contributed by atoms with Gasteiger partial charge in [-0.05, 0) is 24.8 Å². The van der Waals surface area contributed by atoms with Crippen molar-refractivity contribution in [2.75, 3.05) is 7.11 Å². The molecule has 64 valence electrons. The third-order valence-electron chi connectivity index (χ3n) is 2.02. The second-order valence-electron chi connectivity index (χ2n) is 2.68. The second kappa shape index (κ2) is 5.00. The first-order chi connectivity index (χ1) is 5.17. The molecular formula is C10H18O. The highest BCUT2D eigenvalue weighted by Crippen LogP contribution is 2.20. The SMILES string of the molecule is C=C(OC)/C(=C\C)C(C)CC. The van der Waals surface area contributed by atoms with Crippen molar-refractivity contribution < 1.29 is 4.74 Å². The topological polar surface area (TPSA) is 9.23 Å². The highest BCUT2D eigenvalue weighted by atomic mass is 16.5. The van der Waals surface area contributed by atoms with Gasteiger partial charge in [0.25, 0.3) is 0 Å². The van der Waals surface area contributed by atoms with Crippen LogP contribution in [0.15, 0.2) is 24.0 Å². The molecule has 1 unspecified atom stereocenters. The lowest BCUT2D eigenvalue weighted by Gasteiger charge is -2.14. The number of hydrogen-bond donors (Lipinski definition) is 0. The van der Waals surface area contributed by atoms with Gasteiger partial charge in [-0.2, -0.15) is 0 Å². The lowest BCUT2D eigenvalue weighted by Crippen LogP contribution is -2.01. The largest absolute Gasteiger partial charge is 0.497 e. The summed E-state index contributed by atoms with van der Waals surface area (Å²) in [5.41, 5.74) is 1.22. The minimum Gasteiger partial charge on any atom is -0.497 e. The molecule has 0 aromatic rings. The summed E-state index contributed by atoms with van der Waals surface area (Å²) in [5.74, 6) is 1.34. The highest BCUT2D eigenvalue weighted by molar-refractivity contribution is 5.24. The lowest BCUT2D eigenvalue weighted by molar-refractivity contribution is 0.294. The molecule has 0 saturated heterocycles. The Bertz CT molecular complexity index is 156. The average molecular weight is 154 g/mol. The molecule has 0 radical (unpaired) electrons. The molecule has 0 fully saturated rings. The summed E-state index contributed by atoms with van der Waals surface area (Å²) in [6.07, 6.45) is 3.20. The third-order valence-corrected chi connectivity index (χ3v) is 2.02. The van der Waals surface area contributed by atoms with Crippen molar-refractivity contribution >= 4 is 0 Å². The van der Waals surface area contributed by atoms with Gasteiger partial charge in [0.2, 0.25) is 0 Å². The maximum atomic E-state index is 5.06. The Hall–Kier alpha value is -0.720. The van der Waals surface area contributed by atoms with Crippen molar-refractivity contribution in [2.24, 2.45) is 5.92 Å². The number of ether oxygens (including phenoxy) is 1. The molecule has 0 heterocycles. The van der Waals surface area contributed by atoms with Crippen LogP contribution in [-0.4, -0.2) is 7.11 Å². The van der Waals surface area contributed by atoms with E-state index in [9.17, 15) is 0 Å². The first kappa shape index (κ1) is 10.3. The number of rotatable bonds is 4. The van der Waals surface area contributed by atoms with Gasteiger partial charge in [0.1, 0.15) is 5.76 Å². The fourth-order valence-corrected chi connectivity index (χ4v) is 1.06. The Morgan fingerprint density at radius 1 is 1.64 bits per heavy atom. The molecule has 0 amide bonds. The highest BCUT2D eigenvalue weighted by Gasteiger charge is 2.08. The van der Waals surface area contributed by atoms with E-state index in [1.54, 1.807) is 7.11 Å². The molecule has 1 heteroatoms. The van der Waals surface area contributed by atoms with Crippen molar-refractivity contribution in [1.82, 2.24) is 0 Å². The van der Waals surface area contributed by atoms with Gasteiger partial charge >= 0.3 is 0 Å². The van der Waals surface area contributed by atoms with Gasteiger partial charge in [0.15, 0.2) is 0 Å². The first-order valence-corrected chi connectivity index (χ1v) is 4.06. The molecule has 0 aromatic carbocycles. The van der Waals surface area contributed by atoms with E-state index in [0.29, 0.717) is 5.92 Å². The zero-order valence-electron chi connectivity index (χ0n) is 7.98. The molecule has 1 nitrogen and oxygen atoms in total. The quantitative estimate of drug-likeness (QED) is 0.446. The summed E-state index contributed by atoms with van der Waals surface area (Å²) >= 11 is 0. The van der Waals surface area contributed by atoms with Crippen LogP contribution in [0.1, 0.15) is 27.2 Å². The van der Waals surface area contributed by atoms with Crippen LogP contribution in [-0.2, 0) is 4.74 Å². The number of methoxy groups -OCH3 is 1. The van der Waals surface area contributed by atoms with Gasteiger partial charge in [0.05, 0.1) is 7.11 Å². The van der Waals surface area contributed by atoms with Crippen molar-refractivity contribution in [3.63, 3.8) is 0 Å². The van der Waals surface area contributed by atoms with Crippen LogP contribution in [0, 0.1) is 5.92 Å². The summed E-state index contributed by atoms with van der Waals surface area (Å²) in [4.78, 5) is 0. The summed E-state index contributed by atoms with van der Waals surface area (Å²) < 4.78 is 5.06. The molecule has 0 spiro atoms. The van der Waals surface area contributed by atoms with Crippen molar-refractivity contribution in [3.05, 3.63) is 24.0 Å². The van der Waals surface area contributed by atoms with Crippen LogP contribution in [0.25, 0.3) is 0 Å². The fraction of sp³-hybridized carbons (Fsp3) is 0.600. The first-order valence-electron chi connectivity index (χ1n) is 4.06. The summed E-state index contributed by atoms with van der Waals surface area (Å²) in [7, 11) is 1.66. The van der Waals surface area contributed by atoms with Gasteiger partial charge in [-0.1, -0.05) is 26.5 Å². The minimum absolute atomic E-state index is 0.549. The normalized spacial score (nSPS) is 14.4. The number of allylic oxidation sites excluding steroid dienone is 2. The van der Waals surface area contributed by atoms with Gasteiger partial charge in [0, 0.05) is 0 Å². The van der Waals surface area contributed by atoms with Crippen LogP contribution in [0.5, 0.6) is 0 Å². The molecule has 0 aliphatic heterocycles. The van der Waals surface area contributed by atoms with E-state index in [2.05, 4.69) is 26.5 Å². The third kappa shape index (κ3) is 2.79. The Kier molecular flexibility index (Phi) is 4.67. The Labute approximate surface area is 69.8 Å². The van der Waals surface area contributed by atoms with E-state index in [0.717, 1.165) is 12.2 Å². The molecule has 0 N–H and O–H groups in total. The summed E-state index contributed by atoms with van der Waals surface area (Å²) in [5, 5.41) is 0. The van der Waals surface area contributed by atoms with E-state index in [-0.39, 0.29) is 0 Å². The van der Waals surface area contributed by atoms with E-state index >= 15 is 0 Å². The maximum Gasteiger partial charge on any atom is 0.114 e. The second-order valence-corrected chi connectivity index (χ2v) is 2.68. The van der Waals surface area contributed by atoms with Crippen molar-refractivity contribution in [3.8, 4) is 0 Å². The zero-order chi connectivity index (χ0) is 8.85. The maximum absolute atomic E-state index is 5.06. The minimum atomic E-state index is 0.549. The molecule has 0 aliphatic rings. The van der Waals surface area contributed by atoms with Crippen molar-refractivity contribution in [2.45, 2.75) is 27.2 Å². The van der Waals surface area contributed by atoms with Crippen LogP contribution < -0.4 is 0 Å². The molecule has 11 heavy (non-hydrogen) atoms. The summed E-state index contributed by atoms with van der Waals surface area (Å²) in [6, 6.07) is 0. The predicted molar refractivity (Wildman–Crippen MR) is 49.4 cm³/mol. The monoisotopic (exact) mass is 154 g/mol. The predicted octanol–water partition coefficient (Wildman–Crippen LogP) is 3.14. The standard InChI is InChI=1S/C10H18O/c1-6-8(3)10(7-2)9(4)11-5/h7-8H,4,6H2,1-3,5H3/b10-7-. The van der Waals surface area contributed by atoms with E-state index < -0.39 is 0 Å². The zero-order valence-corrected chi connectivity index (χ0v) is 7.98. The van der Waals surface area contributed by atoms with Gasteiger partial charge in [-0.3, -0.25) is 0 Å².